The lowest BCUT2D eigenvalue weighted by molar-refractivity contribution is 0.630. The second-order valence-corrected chi connectivity index (χ2v) is 4.34. The quantitative estimate of drug-likeness (QED) is 0.850. The Morgan fingerprint density at radius 2 is 1.94 bits per heavy atom. The van der Waals surface area contributed by atoms with Crippen LogP contribution in [-0.4, -0.2) is 0 Å². The van der Waals surface area contributed by atoms with E-state index in [2.05, 4.69) is 5.32 Å². The van der Waals surface area contributed by atoms with Crippen molar-refractivity contribution in [2.24, 2.45) is 0 Å². The number of nitrogens with one attached hydrogen (secondary N) is 1. The topological polar surface area (TPSA) is 12.0 Å². The van der Waals surface area contributed by atoms with Crippen molar-refractivity contribution in [2.75, 3.05) is 5.32 Å². The van der Waals surface area contributed by atoms with Crippen LogP contribution in [0.5, 0.6) is 0 Å². The maximum atomic E-state index is 13.4. The summed E-state index contributed by atoms with van der Waals surface area (Å²) in [6.45, 7) is 2.58. The van der Waals surface area contributed by atoms with E-state index in [0.717, 1.165) is 16.1 Å². The number of anilines is 1. The van der Waals surface area contributed by atoms with E-state index in [1.54, 1.807) is 18.2 Å². The monoisotopic (exact) mass is 249 g/mol. The SMILES string of the molecule is Cc1cc(Cl)ccc1CNc1ccccc1F. The Balaban J connectivity index is 2.10. The van der Waals surface area contributed by atoms with Crippen molar-refractivity contribution < 1.29 is 4.39 Å². The van der Waals surface area contributed by atoms with E-state index in [1.807, 2.05) is 25.1 Å². The molecule has 1 N–H and O–H groups in total. The molecule has 0 aromatic heterocycles. The summed E-state index contributed by atoms with van der Waals surface area (Å²) in [4.78, 5) is 0. The van der Waals surface area contributed by atoms with E-state index in [4.69, 9.17) is 11.6 Å². The molecule has 2 aromatic carbocycles. The lowest BCUT2D eigenvalue weighted by Crippen LogP contribution is -2.02. The van der Waals surface area contributed by atoms with Gasteiger partial charge in [-0.25, -0.2) is 4.39 Å². The smallest absolute Gasteiger partial charge is 0.146 e. The van der Waals surface area contributed by atoms with E-state index in [-0.39, 0.29) is 5.82 Å². The van der Waals surface area contributed by atoms with Crippen molar-refractivity contribution in [2.45, 2.75) is 13.5 Å². The lowest BCUT2D eigenvalue weighted by Gasteiger charge is -2.10. The fourth-order valence-electron chi connectivity index (χ4n) is 1.65. The number of rotatable bonds is 3. The summed E-state index contributed by atoms with van der Waals surface area (Å²) < 4.78 is 13.4. The Kier molecular flexibility index (Phi) is 3.64. The van der Waals surface area contributed by atoms with Gasteiger partial charge in [-0.1, -0.05) is 29.8 Å². The van der Waals surface area contributed by atoms with Crippen LogP contribution in [0.2, 0.25) is 5.02 Å². The summed E-state index contributed by atoms with van der Waals surface area (Å²) >= 11 is 5.88. The van der Waals surface area contributed by atoms with E-state index < -0.39 is 0 Å². The molecule has 0 unspecified atom stereocenters. The molecule has 88 valence electrons. The van der Waals surface area contributed by atoms with Crippen molar-refractivity contribution in [3.8, 4) is 0 Å². The fourth-order valence-corrected chi connectivity index (χ4v) is 1.88. The summed E-state index contributed by atoms with van der Waals surface area (Å²) in [5.74, 6) is -0.237. The molecule has 0 aliphatic carbocycles. The van der Waals surface area contributed by atoms with Gasteiger partial charge in [0.2, 0.25) is 0 Å². The third kappa shape index (κ3) is 2.98. The summed E-state index contributed by atoms with van der Waals surface area (Å²) in [5.41, 5.74) is 2.72. The third-order valence-corrected chi connectivity index (χ3v) is 2.88. The van der Waals surface area contributed by atoms with E-state index >= 15 is 0 Å². The Labute approximate surface area is 105 Å². The molecule has 0 saturated carbocycles. The molecular weight excluding hydrogens is 237 g/mol. The highest BCUT2D eigenvalue weighted by Gasteiger charge is 2.02. The van der Waals surface area contributed by atoms with Crippen LogP contribution in [0.15, 0.2) is 42.5 Å². The molecule has 0 saturated heterocycles. The van der Waals surface area contributed by atoms with Crippen molar-refractivity contribution in [3.05, 3.63) is 64.4 Å². The van der Waals surface area contributed by atoms with Gasteiger partial charge in [0.15, 0.2) is 0 Å². The van der Waals surface area contributed by atoms with Crippen LogP contribution in [0, 0.1) is 12.7 Å². The van der Waals surface area contributed by atoms with Gasteiger partial charge in [0.05, 0.1) is 5.69 Å². The van der Waals surface area contributed by atoms with Gasteiger partial charge in [-0.05, 0) is 42.3 Å². The first kappa shape index (κ1) is 11.9. The molecule has 0 spiro atoms. The summed E-state index contributed by atoms with van der Waals surface area (Å²) in [7, 11) is 0. The van der Waals surface area contributed by atoms with Crippen LogP contribution >= 0.6 is 11.6 Å². The third-order valence-electron chi connectivity index (χ3n) is 2.65. The van der Waals surface area contributed by atoms with Gasteiger partial charge in [-0.2, -0.15) is 0 Å². The highest BCUT2D eigenvalue weighted by Crippen LogP contribution is 2.18. The molecule has 3 heteroatoms. The highest BCUT2D eigenvalue weighted by atomic mass is 35.5. The van der Waals surface area contributed by atoms with Crippen LogP contribution in [0.25, 0.3) is 0 Å². The standard InChI is InChI=1S/C14H13ClFN/c1-10-8-12(15)7-6-11(10)9-17-14-5-3-2-4-13(14)16/h2-8,17H,9H2,1H3. The number of aryl methyl sites for hydroxylation is 1. The van der Waals surface area contributed by atoms with E-state index in [1.165, 1.54) is 6.07 Å². The first-order valence-corrected chi connectivity index (χ1v) is 5.78. The average Bonchev–Trinajstić information content (AvgIpc) is 2.30. The van der Waals surface area contributed by atoms with Crippen molar-refractivity contribution in [1.29, 1.82) is 0 Å². The molecular formula is C14H13ClFN. The van der Waals surface area contributed by atoms with Gasteiger partial charge in [0, 0.05) is 11.6 Å². The van der Waals surface area contributed by atoms with Gasteiger partial charge in [-0.15, -0.1) is 0 Å². The fraction of sp³-hybridized carbons (Fsp3) is 0.143. The number of para-hydroxylation sites is 1. The minimum absolute atomic E-state index is 0.237. The minimum Gasteiger partial charge on any atom is -0.379 e. The van der Waals surface area contributed by atoms with E-state index in [0.29, 0.717) is 12.2 Å². The van der Waals surface area contributed by atoms with Gasteiger partial charge >= 0.3 is 0 Å². The number of halogens is 2. The molecule has 1 nitrogen and oxygen atoms in total. The first-order valence-electron chi connectivity index (χ1n) is 5.40. The highest BCUT2D eigenvalue weighted by molar-refractivity contribution is 6.30. The molecule has 0 aliphatic rings. The van der Waals surface area contributed by atoms with Crippen molar-refractivity contribution in [3.63, 3.8) is 0 Å². The largest absolute Gasteiger partial charge is 0.379 e. The Morgan fingerprint density at radius 1 is 1.18 bits per heavy atom. The van der Waals surface area contributed by atoms with Crippen LogP contribution in [0.4, 0.5) is 10.1 Å². The molecule has 0 bridgehead atoms. The molecule has 0 fully saturated rings. The zero-order valence-electron chi connectivity index (χ0n) is 9.50. The van der Waals surface area contributed by atoms with Crippen LogP contribution in [0.3, 0.4) is 0 Å². The molecule has 0 amide bonds. The summed E-state index contributed by atoms with van der Waals surface area (Å²) in [5, 5.41) is 3.79. The average molecular weight is 250 g/mol. The van der Waals surface area contributed by atoms with Gasteiger partial charge in [0.1, 0.15) is 5.82 Å². The van der Waals surface area contributed by atoms with Crippen molar-refractivity contribution in [1.82, 2.24) is 0 Å². The summed E-state index contributed by atoms with van der Waals surface area (Å²) in [6.07, 6.45) is 0. The Hall–Kier alpha value is -1.54. The van der Waals surface area contributed by atoms with E-state index in [9.17, 15) is 4.39 Å². The second kappa shape index (κ2) is 5.19. The number of benzene rings is 2. The second-order valence-electron chi connectivity index (χ2n) is 3.90. The molecule has 2 rings (SSSR count). The lowest BCUT2D eigenvalue weighted by atomic mass is 10.1. The van der Waals surface area contributed by atoms with Gasteiger partial charge < -0.3 is 5.32 Å². The maximum Gasteiger partial charge on any atom is 0.146 e. The molecule has 2 aromatic rings. The Morgan fingerprint density at radius 3 is 2.65 bits per heavy atom. The minimum atomic E-state index is -0.237. The predicted molar refractivity (Wildman–Crippen MR) is 69.9 cm³/mol. The molecule has 0 aliphatic heterocycles. The number of hydrogen-bond acceptors (Lipinski definition) is 1. The molecule has 0 atom stereocenters. The number of hydrogen-bond donors (Lipinski definition) is 1. The van der Waals surface area contributed by atoms with Crippen LogP contribution in [0.1, 0.15) is 11.1 Å². The van der Waals surface area contributed by atoms with Gasteiger partial charge in [0.25, 0.3) is 0 Å². The molecule has 17 heavy (non-hydrogen) atoms. The first-order chi connectivity index (χ1) is 8.16. The van der Waals surface area contributed by atoms with Crippen LogP contribution < -0.4 is 5.32 Å². The molecule has 0 radical (unpaired) electrons. The zero-order chi connectivity index (χ0) is 12.3. The predicted octanol–water partition coefficient (Wildman–Crippen LogP) is 4.40. The normalized spacial score (nSPS) is 10.3. The van der Waals surface area contributed by atoms with Gasteiger partial charge in [-0.3, -0.25) is 0 Å². The summed E-state index contributed by atoms with van der Waals surface area (Å²) in [6, 6.07) is 12.3. The van der Waals surface area contributed by atoms with Crippen molar-refractivity contribution >= 4 is 17.3 Å². The molecule has 0 heterocycles. The van der Waals surface area contributed by atoms with Crippen LogP contribution in [-0.2, 0) is 6.54 Å². The zero-order valence-corrected chi connectivity index (χ0v) is 10.3. The Bertz CT molecular complexity index is 525. The maximum absolute atomic E-state index is 13.4.